The number of hydrogen-bond acceptors (Lipinski definition) is 4. The van der Waals surface area contributed by atoms with Crippen molar-refractivity contribution in [3.8, 4) is 0 Å². The SMILES string of the molecule is CC(C)(C)c1noc2c3c(ccc12)CCN(CC1CCN(C(C)(C)C)CC1)CC3. The molecule has 0 radical (unpaired) electrons. The van der Waals surface area contributed by atoms with E-state index in [4.69, 9.17) is 4.52 Å². The van der Waals surface area contributed by atoms with Crippen LogP contribution in [-0.2, 0) is 18.3 Å². The Morgan fingerprint density at radius 1 is 0.966 bits per heavy atom. The summed E-state index contributed by atoms with van der Waals surface area (Å²) in [5, 5.41) is 5.66. The molecular formula is C25H39N3O. The van der Waals surface area contributed by atoms with Crippen molar-refractivity contribution in [1.82, 2.24) is 15.0 Å². The first-order valence-corrected chi connectivity index (χ1v) is 11.5. The third-order valence-electron chi connectivity index (χ3n) is 7.01. The highest BCUT2D eigenvalue weighted by Crippen LogP contribution is 2.34. The Hall–Kier alpha value is -1.39. The molecule has 1 fully saturated rings. The summed E-state index contributed by atoms with van der Waals surface area (Å²) < 4.78 is 5.88. The van der Waals surface area contributed by atoms with Crippen LogP contribution in [0.25, 0.3) is 11.0 Å². The van der Waals surface area contributed by atoms with Crippen molar-refractivity contribution >= 4 is 11.0 Å². The van der Waals surface area contributed by atoms with Crippen LogP contribution in [0.15, 0.2) is 16.7 Å². The first-order valence-electron chi connectivity index (χ1n) is 11.5. The van der Waals surface area contributed by atoms with Gasteiger partial charge in [-0.1, -0.05) is 32.0 Å². The molecule has 29 heavy (non-hydrogen) atoms. The molecule has 0 amide bonds. The number of likely N-dealkylation sites (tertiary alicyclic amines) is 1. The predicted molar refractivity (Wildman–Crippen MR) is 121 cm³/mol. The van der Waals surface area contributed by atoms with Gasteiger partial charge in [-0.15, -0.1) is 0 Å². The van der Waals surface area contributed by atoms with Gasteiger partial charge in [-0.3, -0.25) is 4.90 Å². The van der Waals surface area contributed by atoms with Crippen LogP contribution in [0.3, 0.4) is 0 Å². The van der Waals surface area contributed by atoms with Gasteiger partial charge in [-0.25, -0.2) is 0 Å². The number of fused-ring (bicyclic) bond motifs is 3. The third kappa shape index (κ3) is 4.39. The predicted octanol–water partition coefficient (Wildman–Crippen LogP) is 5.04. The van der Waals surface area contributed by atoms with Gasteiger partial charge in [0.05, 0.1) is 5.69 Å². The Labute approximate surface area is 176 Å². The van der Waals surface area contributed by atoms with Gasteiger partial charge in [0.2, 0.25) is 0 Å². The monoisotopic (exact) mass is 397 g/mol. The molecule has 0 atom stereocenters. The number of rotatable bonds is 2. The number of piperidine rings is 1. The van der Waals surface area contributed by atoms with Crippen LogP contribution in [0.2, 0.25) is 0 Å². The lowest BCUT2D eigenvalue weighted by molar-refractivity contribution is 0.0750. The van der Waals surface area contributed by atoms with Gasteiger partial charge in [-0.2, -0.15) is 0 Å². The van der Waals surface area contributed by atoms with Crippen molar-refractivity contribution < 1.29 is 4.52 Å². The minimum Gasteiger partial charge on any atom is -0.356 e. The average molecular weight is 398 g/mol. The smallest absolute Gasteiger partial charge is 0.170 e. The van der Waals surface area contributed by atoms with Crippen LogP contribution in [-0.4, -0.2) is 53.2 Å². The molecule has 1 aromatic carbocycles. The van der Waals surface area contributed by atoms with Gasteiger partial charge >= 0.3 is 0 Å². The summed E-state index contributed by atoms with van der Waals surface area (Å²) in [6.45, 7) is 19.7. The van der Waals surface area contributed by atoms with E-state index in [0.29, 0.717) is 5.54 Å². The molecule has 4 rings (SSSR count). The molecule has 2 aromatic rings. The number of aromatic nitrogens is 1. The highest BCUT2D eigenvalue weighted by atomic mass is 16.5. The Kier molecular flexibility index (Phi) is 5.54. The van der Waals surface area contributed by atoms with E-state index in [9.17, 15) is 0 Å². The zero-order chi connectivity index (χ0) is 20.8. The van der Waals surface area contributed by atoms with Gasteiger partial charge in [0.1, 0.15) is 0 Å². The quantitative estimate of drug-likeness (QED) is 0.711. The van der Waals surface area contributed by atoms with Crippen LogP contribution in [0, 0.1) is 5.92 Å². The molecule has 0 aliphatic carbocycles. The molecule has 0 bridgehead atoms. The van der Waals surface area contributed by atoms with Crippen molar-refractivity contribution in [3.63, 3.8) is 0 Å². The fraction of sp³-hybridized carbons (Fsp3) is 0.720. The van der Waals surface area contributed by atoms with E-state index >= 15 is 0 Å². The lowest BCUT2D eigenvalue weighted by Crippen LogP contribution is -2.47. The highest BCUT2D eigenvalue weighted by Gasteiger charge is 2.29. The van der Waals surface area contributed by atoms with E-state index in [-0.39, 0.29) is 5.41 Å². The first-order chi connectivity index (χ1) is 13.6. The normalized spacial score (nSPS) is 20.8. The van der Waals surface area contributed by atoms with Crippen LogP contribution >= 0.6 is 0 Å². The van der Waals surface area contributed by atoms with E-state index in [2.05, 4.69) is 68.6 Å². The van der Waals surface area contributed by atoms with Crippen molar-refractivity contribution in [2.45, 2.75) is 78.2 Å². The standard InChI is InChI=1S/C25H39N3O/c1-24(2,3)23-21-8-7-19-11-13-27(14-12-20(19)22(21)29-26-23)17-18-9-15-28(16-10-18)25(4,5)6/h7-8,18H,9-17H2,1-6H3. The highest BCUT2D eigenvalue weighted by molar-refractivity contribution is 5.84. The largest absolute Gasteiger partial charge is 0.356 e. The molecule has 3 heterocycles. The van der Waals surface area contributed by atoms with Crippen molar-refractivity contribution in [2.24, 2.45) is 5.92 Å². The van der Waals surface area contributed by atoms with Gasteiger partial charge < -0.3 is 9.42 Å². The molecule has 1 saturated heterocycles. The van der Waals surface area contributed by atoms with Crippen LogP contribution in [0.1, 0.15) is 71.2 Å². The van der Waals surface area contributed by atoms with E-state index in [1.807, 2.05) is 0 Å². The molecule has 2 aliphatic rings. The van der Waals surface area contributed by atoms with Crippen molar-refractivity contribution in [1.29, 1.82) is 0 Å². The third-order valence-corrected chi connectivity index (χ3v) is 7.01. The summed E-state index contributed by atoms with van der Waals surface area (Å²) in [6, 6.07) is 4.57. The lowest BCUT2D eigenvalue weighted by Gasteiger charge is -2.41. The maximum Gasteiger partial charge on any atom is 0.170 e. The van der Waals surface area contributed by atoms with Crippen LogP contribution in [0.4, 0.5) is 0 Å². The first kappa shape index (κ1) is 20.9. The lowest BCUT2D eigenvalue weighted by atomic mass is 9.88. The minimum atomic E-state index is 0.0121. The summed E-state index contributed by atoms with van der Waals surface area (Å²) >= 11 is 0. The Bertz CT molecular complexity index is 847. The van der Waals surface area contributed by atoms with Crippen LogP contribution < -0.4 is 0 Å². The zero-order valence-electron chi connectivity index (χ0n) is 19.3. The number of benzene rings is 1. The summed E-state index contributed by atoms with van der Waals surface area (Å²) in [7, 11) is 0. The van der Waals surface area contributed by atoms with Gasteiger partial charge in [-0.05, 0) is 77.1 Å². The fourth-order valence-electron chi connectivity index (χ4n) is 5.14. The molecule has 160 valence electrons. The molecule has 0 saturated carbocycles. The van der Waals surface area contributed by atoms with Gasteiger partial charge in [0, 0.05) is 41.5 Å². The summed E-state index contributed by atoms with van der Waals surface area (Å²) in [6.07, 6.45) is 4.87. The van der Waals surface area contributed by atoms with Gasteiger partial charge in [0.15, 0.2) is 5.58 Å². The minimum absolute atomic E-state index is 0.0121. The molecule has 0 N–H and O–H groups in total. The Balaban J connectivity index is 1.42. The van der Waals surface area contributed by atoms with Crippen molar-refractivity contribution in [3.05, 3.63) is 29.0 Å². The van der Waals surface area contributed by atoms with Crippen molar-refractivity contribution in [2.75, 3.05) is 32.7 Å². The molecule has 0 unspecified atom stereocenters. The molecule has 1 aromatic heterocycles. The molecule has 0 spiro atoms. The van der Waals surface area contributed by atoms with E-state index < -0.39 is 0 Å². The van der Waals surface area contributed by atoms with E-state index in [1.54, 1.807) is 0 Å². The second-order valence-corrected chi connectivity index (χ2v) is 11.3. The molecule has 4 heteroatoms. The topological polar surface area (TPSA) is 32.5 Å². The molecule has 4 nitrogen and oxygen atoms in total. The van der Waals surface area contributed by atoms with Crippen LogP contribution in [0.5, 0.6) is 0 Å². The van der Waals surface area contributed by atoms with E-state index in [0.717, 1.165) is 43.1 Å². The molecular weight excluding hydrogens is 358 g/mol. The Morgan fingerprint density at radius 3 is 2.31 bits per heavy atom. The van der Waals surface area contributed by atoms with E-state index in [1.165, 1.54) is 49.0 Å². The fourth-order valence-corrected chi connectivity index (χ4v) is 5.14. The average Bonchev–Trinajstić information content (AvgIpc) is 2.99. The summed E-state index contributed by atoms with van der Waals surface area (Å²) in [5.74, 6) is 0.840. The maximum atomic E-state index is 5.88. The number of nitrogens with zero attached hydrogens (tertiary/aromatic N) is 3. The zero-order valence-corrected chi connectivity index (χ0v) is 19.3. The second kappa shape index (κ2) is 7.70. The Morgan fingerprint density at radius 2 is 1.66 bits per heavy atom. The maximum absolute atomic E-state index is 5.88. The summed E-state index contributed by atoms with van der Waals surface area (Å²) in [4.78, 5) is 5.35. The van der Waals surface area contributed by atoms with Gasteiger partial charge in [0.25, 0.3) is 0 Å². The molecule has 2 aliphatic heterocycles. The second-order valence-electron chi connectivity index (χ2n) is 11.3. The number of hydrogen-bond donors (Lipinski definition) is 0. The summed E-state index contributed by atoms with van der Waals surface area (Å²) in [5.41, 5.74) is 5.30.